The molecular formula is C17H18F3NO. The van der Waals surface area contributed by atoms with Crippen LogP contribution in [0, 0.1) is 0 Å². The van der Waals surface area contributed by atoms with E-state index in [1.54, 1.807) is 30.3 Å². The lowest BCUT2D eigenvalue weighted by Crippen LogP contribution is -2.16. The summed E-state index contributed by atoms with van der Waals surface area (Å²) in [5.41, 5.74) is -0.423. The topological polar surface area (TPSA) is 21.3 Å². The normalized spacial score (nSPS) is 17.5. The minimum absolute atomic E-state index is 0.0367. The monoisotopic (exact) mass is 314 g/mol. The second-order valence-corrected chi connectivity index (χ2v) is 4.49. The molecular weight excluding hydrogens is 291 g/mol. The van der Waals surface area contributed by atoms with Crippen LogP contribution in [0.3, 0.4) is 0 Å². The zero-order valence-corrected chi connectivity index (χ0v) is 11.5. The maximum atomic E-state index is 12.7. The summed E-state index contributed by atoms with van der Waals surface area (Å²) in [6, 6.07) is 12.1. The lowest BCUT2D eigenvalue weighted by molar-refractivity contribution is -0.137. The predicted molar refractivity (Wildman–Crippen MR) is 79.8 cm³/mol. The van der Waals surface area contributed by atoms with E-state index in [0.29, 0.717) is 5.56 Å². The number of hydrogen-bond acceptors (Lipinski definition) is 2. The molecule has 0 aliphatic rings. The van der Waals surface area contributed by atoms with Crippen molar-refractivity contribution in [2.75, 3.05) is 13.5 Å². The first-order valence-electron chi connectivity index (χ1n) is 9.02. The fraction of sp³-hybridized carbons (Fsp3) is 0.294. The van der Waals surface area contributed by atoms with Gasteiger partial charge in [-0.25, -0.2) is 0 Å². The summed E-state index contributed by atoms with van der Waals surface area (Å²) in [4.78, 5) is 0. The molecule has 22 heavy (non-hydrogen) atoms. The molecule has 1 N–H and O–H groups in total. The van der Waals surface area contributed by atoms with Crippen molar-refractivity contribution in [2.24, 2.45) is 0 Å². The minimum Gasteiger partial charge on any atom is -0.486 e. The van der Waals surface area contributed by atoms with Gasteiger partial charge in [-0.2, -0.15) is 13.2 Å². The van der Waals surface area contributed by atoms with E-state index < -0.39 is 37.7 Å². The molecule has 0 aromatic heterocycles. The standard InChI is InChI=1S/C17H18F3NO/c1-21-12-11-16(13-5-3-2-4-6-13)22-15-9-7-14(8-10-15)17(18,19)20/h2-10,16,21H,11-12H2,1H3/i1D3,11D2. The molecule has 0 saturated heterocycles. The summed E-state index contributed by atoms with van der Waals surface area (Å²) < 4.78 is 81.7. The van der Waals surface area contributed by atoms with Gasteiger partial charge in [-0.15, -0.1) is 0 Å². The van der Waals surface area contributed by atoms with Crippen LogP contribution >= 0.6 is 0 Å². The van der Waals surface area contributed by atoms with E-state index >= 15 is 0 Å². The highest BCUT2D eigenvalue weighted by Gasteiger charge is 2.30. The highest BCUT2D eigenvalue weighted by Crippen LogP contribution is 2.31. The van der Waals surface area contributed by atoms with Crippen LogP contribution in [0.1, 0.15) is 30.5 Å². The zero-order valence-electron chi connectivity index (χ0n) is 16.5. The lowest BCUT2D eigenvalue weighted by Gasteiger charge is -2.20. The van der Waals surface area contributed by atoms with Gasteiger partial charge in [0.1, 0.15) is 11.9 Å². The molecule has 0 fully saturated rings. The van der Waals surface area contributed by atoms with Gasteiger partial charge in [0.15, 0.2) is 0 Å². The highest BCUT2D eigenvalue weighted by molar-refractivity contribution is 5.30. The summed E-state index contributed by atoms with van der Waals surface area (Å²) in [6.45, 7) is -3.08. The fourth-order valence-corrected chi connectivity index (χ4v) is 1.86. The van der Waals surface area contributed by atoms with Crippen molar-refractivity contribution in [3.8, 4) is 5.75 Å². The van der Waals surface area contributed by atoms with E-state index in [1.165, 1.54) is 0 Å². The summed E-state index contributed by atoms with van der Waals surface area (Å²) in [5.74, 6) is 0.0367. The molecule has 5 heteroatoms. The van der Waals surface area contributed by atoms with Crippen LogP contribution in [0.25, 0.3) is 0 Å². The summed E-state index contributed by atoms with van der Waals surface area (Å²) >= 11 is 0. The Kier molecular flexibility index (Phi) is 3.55. The molecule has 2 nitrogen and oxygen atoms in total. The minimum atomic E-state index is -4.49. The van der Waals surface area contributed by atoms with Gasteiger partial charge in [-0.1, -0.05) is 30.3 Å². The van der Waals surface area contributed by atoms with E-state index in [1.807, 2.05) is 0 Å². The van der Waals surface area contributed by atoms with Crippen molar-refractivity contribution in [3.05, 3.63) is 65.7 Å². The van der Waals surface area contributed by atoms with Crippen molar-refractivity contribution in [1.82, 2.24) is 5.32 Å². The number of ether oxygens (including phenoxy) is 1. The fourth-order valence-electron chi connectivity index (χ4n) is 1.86. The molecule has 2 aromatic carbocycles. The molecule has 0 radical (unpaired) electrons. The molecule has 118 valence electrons. The Morgan fingerprint density at radius 3 is 2.41 bits per heavy atom. The third-order valence-corrected chi connectivity index (χ3v) is 2.91. The van der Waals surface area contributed by atoms with Gasteiger partial charge < -0.3 is 10.1 Å². The van der Waals surface area contributed by atoms with E-state index in [2.05, 4.69) is 5.32 Å². The van der Waals surface area contributed by atoms with Crippen molar-refractivity contribution >= 4 is 0 Å². The van der Waals surface area contributed by atoms with Crippen molar-refractivity contribution in [3.63, 3.8) is 0 Å². The molecule has 0 amide bonds. The average molecular weight is 314 g/mol. The molecule has 0 aliphatic heterocycles. The second kappa shape index (κ2) is 7.31. The number of nitrogens with one attached hydrogen (secondary N) is 1. The van der Waals surface area contributed by atoms with Crippen LogP contribution in [0.5, 0.6) is 5.75 Å². The van der Waals surface area contributed by atoms with E-state index in [9.17, 15) is 13.2 Å². The first-order valence-corrected chi connectivity index (χ1v) is 6.52. The predicted octanol–water partition coefficient (Wildman–Crippen LogP) is 4.44. The Morgan fingerprint density at radius 1 is 1.14 bits per heavy atom. The van der Waals surface area contributed by atoms with E-state index in [-0.39, 0.29) is 5.75 Å². The number of alkyl halides is 3. The van der Waals surface area contributed by atoms with Gasteiger partial charge in [0.2, 0.25) is 0 Å². The maximum Gasteiger partial charge on any atom is 0.416 e. The maximum absolute atomic E-state index is 12.7. The SMILES string of the molecule is [2H]C([2H])([2H])NCC([2H])([2H])C(Oc1ccc(C(F)(F)F)cc1)c1ccccc1. The second-order valence-electron chi connectivity index (χ2n) is 4.49. The van der Waals surface area contributed by atoms with Crippen molar-refractivity contribution < 1.29 is 24.8 Å². The Balaban J connectivity index is 2.28. The summed E-state index contributed by atoms with van der Waals surface area (Å²) in [7, 11) is 0. The molecule has 0 bridgehead atoms. The number of rotatable bonds is 6. The third kappa shape index (κ3) is 4.49. The quantitative estimate of drug-likeness (QED) is 0.851. The van der Waals surface area contributed by atoms with Gasteiger partial charge in [0.05, 0.1) is 5.56 Å². The number of hydrogen-bond donors (Lipinski definition) is 1. The van der Waals surface area contributed by atoms with Crippen LogP contribution in [0.4, 0.5) is 13.2 Å². The lowest BCUT2D eigenvalue weighted by atomic mass is 10.1. The van der Waals surface area contributed by atoms with Crippen LogP contribution in [-0.4, -0.2) is 13.5 Å². The molecule has 0 aliphatic carbocycles. The smallest absolute Gasteiger partial charge is 0.416 e. The third-order valence-electron chi connectivity index (χ3n) is 2.91. The highest BCUT2D eigenvalue weighted by atomic mass is 19.4. The van der Waals surface area contributed by atoms with Crippen LogP contribution in [0.15, 0.2) is 54.6 Å². The first kappa shape index (κ1) is 10.7. The Labute approximate surface area is 134 Å². The van der Waals surface area contributed by atoms with Crippen LogP contribution in [0.2, 0.25) is 0 Å². The molecule has 1 unspecified atom stereocenters. The molecule has 0 saturated carbocycles. The average Bonchev–Trinajstić information content (AvgIpc) is 2.58. The van der Waals surface area contributed by atoms with Gasteiger partial charge in [0, 0.05) is 13.2 Å². The molecule has 0 spiro atoms. The first-order chi connectivity index (χ1) is 12.4. The van der Waals surface area contributed by atoms with Gasteiger partial charge >= 0.3 is 6.18 Å². The zero-order chi connectivity index (χ0) is 20.3. The Hall–Kier alpha value is -2.01. The van der Waals surface area contributed by atoms with Crippen LogP contribution < -0.4 is 10.1 Å². The van der Waals surface area contributed by atoms with Crippen molar-refractivity contribution in [1.29, 1.82) is 0 Å². The van der Waals surface area contributed by atoms with Gasteiger partial charge in [-0.3, -0.25) is 0 Å². The van der Waals surface area contributed by atoms with Crippen LogP contribution in [-0.2, 0) is 6.18 Å². The number of benzene rings is 2. The molecule has 0 heterocycles. The summed E-state index contributed by atoms with van der Waals surface area (Å²) in [6.07, 6.45) is -7.88. The van der Waals surface area contributed by atoms with E-state index in [0.717, 1.165) is 24.3 Å². The summed E-state index contributed by atoms with van der Waals surface area (Å²) in [5, 5.41) is 2.12. The largest absolute Gasteiger partial charge is 0.486 e. The van der Waals surface area contributed by atoms with Crippen molar-refractivity contribution in [2.45, 2.75) is 18.7 Å². The molecule has 2 aromatic rings. The van der Waals surface area contributed by atoms with Gasteiger partial charge in [0.25, 0.3) is 0 Å². The Morgan fingerprint density at radius 2 is 1.82 bits per heavy atom. The molecule has 2 rings (SSSR count). The Bertz CT molecular complexity index is 733. The molecule has 1 atom stereocenters. The van der Waals surface area contributed by atoms with Gasteiger partial charge in [-0.05, 0) is 43.3 Å². The van der Waals surface area contributed by atoms with E-state index in [4.69, 9.17) is 11.6 Å². The number of halogens is 3.